The third kappa shape index (κ3) is 4.20. The van der Waals surface area contributed by atoms with Gasteiger partial charge in [-0.3, -0.25) is 0 Å². The smallest absolute Gasteiger partial charge is 0.0477 e. The summed E-state index contributed by atoms with van der Waals surface area (Å²) in [6.45, 7) is 8.25. The molecule has 0 aliphatic carbocycles. The van der Waals surface area contributed by atoms with Gasteiger partial charge in [0, 0.05) is 18.8 Å². The molecule has 0 fully saturated rings. The number of aryl methyl sites for hydroxylation is 1. The molecule has 1 nitrogen and oxygen atoms in total. The molecule has 0 aliphatic rings. The number of para-hydroxylation sites is 1. The van der Waals surface area contributed by atoms with Crippen LogP contribution in [0.5, 0.6) is 0 Å². The Morgan fingerprint density at radius 2 is 1.53 bits per heavy atom. The zero-order valence-electron chi connectivity index (χ0n) is 10.6. The van der Waals surface area contributed by atoms with Crippen molar-refractivity contribution in [2.75, 3.05) is 0 Å². The van der Waals surface area contributed by atoms with Crippen LogP contribution in [-0.4, -0.2) is 4.57 Å². The molecular formula is C14H23N. The van der Waals surface area contributed by atoms with Crippen molar-refractivity contribution in [2.45, 2.75) is 34.1 Å². The van der Waals surface area contributed by atoms with Crippen molar-refractivity contribution < 1.29 is 0 Å². The first-order valence-electron chi connectivity index (χ1n) is 5.79. The minimum atomic E-state index is 1.25. The van der Waals surface area contributed by atoms with Crippen LogP contribution in [0.25, 0.3) is 10.9 Å². The summed E-state index contributed by atoms with van der Waals surface area (Å²) < 4.78 is 2.12. The molecule has 0 spiro atoms. The van der Waals surface area contributed by atoms with Gasteiger partial charge in [0.05, 0.1) is 0 Å². The monoisotopic (exact) mass is 205 g/mol. The molecule has 0 saturated carbocycles. The second kappa shape index (κ2) is 8.10. The zero-order valence-corrected chi connectivity index (χ0v) is 10.6. The van der Waals surface area contributed by atoms with Crippen molar-refractivity contribution in [3.05, 3.63) is 36.5 Å². The van der Waals surface area contributed by atoms with Crippen LogP contribution < -0.4 is 0 Å². The molecule has 0 aliphatic heterocycles. The first-order chi connectivity index (χ1) is 7.29. The average Bonchev–Trinajstić information content (AvgIpc) is 2.65. The van der Waals surface area contributed by atoms with Gasteiger partial charge in [0.2, 0.25) is 0 Å². The van der Waals surface area contributed by atoms with E-state index in [1.807, 2.05) is 13.8 Å². The van der Waals surface area contributed by atoms with Crippen LogP contribution in [0, 0.1) is 0 Å². The van der Waals surface area contributed by atoms with Gasteiger partial charge in [-0.2, -0.15) is 0 Å². The fraction of sp³-hybridized carbons (Fsp3) is 0.429. The third-order valence-electron chi connectivity index (χ3n) is 1.79. The highest BCUT2D eigenvalue weighted by molar-refractivity contribution is 5.79. The molecule has 0 radical (unpaired) electrons. The Kier molecular flexibility index (Phi) is 7.43. The summed E-state index contributed by atoms with van der Waals surface area (Å²) in [7, 11) is 2.06. The molecule has 0 saturated heterocycles. The van der Waals surface area contributed by atoms with Crippen LogP contribution in [0.15, 0.2) is 36.5 Å². The SMILES string of the molecule is CC.CCC.Cn1ccc2ccccc21. The van der Waals surface area contributed by atoms with Crippen molar-refractivity contribution in [1.29, 1.82) is 0 Å². The molecule has 2 aromatic rings. The van der Waals surface area contributed by atoms with Crippen molar-refractivity contribution in [3.63, 3.8) is 0 Å². The molecular weight excluding hydrogens is 182 g/mol. The zero-order chi connectivity index (χ0) is 11.7. The van der Waals surface area contributed by atoms with Gasteiger partial charge in [-0.25, -0.2) is 0 Å². The average molecular weight is 205 g/mol. The summed E-state index contributed by atoms with van der Waals surface area (Å²) in [4.78, 5) is 0. The molecule has 0 amide bonds. The molecule has 1 heteroatoms. The van der Waals surface area contributed by atoms with E-state index >= 15 is 0 Å². The van der Waals surface area contributed by atoms with Crippen LogP contribution >= 0.6 is 0 Å². The van der Waals surface area contributed by atoms with Gasteiger partial charge in [-0.1, -0.05) is 52.3 Å². The van der Waals surface area contributed by atoms with Gasteiger partial charge < -0.3 is 4.57 Å². The normalized spacial score (nSPS) is 8.60. The quantitative estimate of drug-likeness (QED) is 0.591. The van der Waals surface area contributed by atoms with Crippen LogP contribution in [0.3, 0.4) is 0 Å². The largest absolute Gasteiger partial charge is 0.351 e. The molecule has 1 aromatic carbocycles. The number of rotatable bonds is 0. The Balaban J connectivity index is 0.000000342. The van der Waals surface area contributed by atoms with E-state index in [-0.39, 0.29) is 0 Å². The molecule has 2 rings (SSSR count). The Morgan fingerprint density at radius 1 is 1.00 bits per heavy atom. The number of benzene rings is 1. The third-order valence-corrected chi connectivity index (χ3v) is 1.79. The van der Waals surface area contributed by atoms with Crippen LogP contribution in [-0.2, 0) is 7.05 Å². The lowest BCUT2D eigenvalue weighted by atomic mass is 10.2. The fourth-order valence-electron chi connectivity index (χ4n) is 1.22. The number of hydrogen-bond acceptors (Lipinski definition) is 0. The fourth-order valence-corrected chi connectivity index (χ4v) is 1.22. The van der Waals surface area contributed by atoms with E-state index < -0.39 is 0 Å². The summed E-state index contributed by atoms with van der Waals surface area (Å²) in [6.07, 6.45) is 3.32. The lowest BCUT2D eigenvalue weighted by molar-refractivity contribution is 0.969. The number of nitrogens with zero attached hydrogens (tertiary/aromatic N) is 1. The summed E-state index contributed by atoms with van der Waals surface area (Å²) in [5.41, 5.74) is 1.29. The summed E-state index contributed by atoms with van der Waals surface area (Å²) >= 11 is 0. The lowest BCUT2D eigenvalue weighted by Crippen LogP contribution is -1.81. The Hall–Kier alpha value is -1.24. The van der Waals surface area contributed by atoms with Gasteiger partial charge >= 0.3 is 0 Å². The molecule has 15 heavy (non-hydrogen) atoms. The predicted octanol–water partition coefficient (Wildman–Crippen LogP) is 4.62. The number of fused-ring (bicyclic) bond motifs is 1. The predicted molar refractivity (Wildman–Crippen MR) is 70.2 cm³/mol. The van der Waals surface area contributed by atoms with Gasteiger partial charge in [-0.05, 0) is 17.5 Å². The highest BCUT2D eigenvalue weighted by Crippen LogP contribution is 2.12. The topological polar surface area (TPSA) is 4.93 Å². The van der Waals surface area contributed by atoms with Crippen LogP contribution in [0.4, 0.5) is 0 Å². The van der Waals surface area contributed by atoms with Crippen molar-refractivity contribution in [2.24, 2.45) is 7.05 Å². The first-order valence-corrected chi connectivity index (χ1v) is 5.79. The highest BCUT2D eigenvalue weighted by atomic mass is 14.9. The maximum atomic E-state index is 2.12. The van der Waals surface area contributed by atoms with E-state index in [1.54, 1.807) is 0 Å². The minimum Gasteiger partial charge on any atom is -0.351 e. The minimum absolute atomic E-state index is 1.25. The standard InChI is InChI=1S/C9H9N.C3H8.C2H6/c1-10-7-6-8-4-2-3-5-9(8)10;1-3-2;1-2/h2-7H,1H3;3H2,1-2H3;1-2H3. The maximum absolute atomic E-state index is 2.12. The molecule has 1 aromatic heterocycles. The van der Waals surface area contributed by atoms with Crippen molar-refractivity contribution >= 4 is 10.9 Å². The number of aromatic nitrogens is 1. The van der Waals surface area contributed by atoms with Gasteiger partial charge in [0.1, 0.15) is 0 Å². The molecule has 0 N–H and O–H groups in total. The Bertz CT molecular complexity index is 360. The molecule has 0 bridgehead atoms. The number of hydrogen-bond donors (Lipinski definition) is 0. The Labute approximate surface area is 93.7 Å². The van der Waals surface area contributed by atoms with Gasteiger partial charge in [0.25, 0.3) is 0 Å². The molecule has 0 atom stereocenters. The van der Waals surface area contributed by atoms with E-state index in [9.17, 15) is 0 Å². The second-order valence-corrected chi connectivity index (χ2v) is 3.19. The Morgan fingerprint density at radius 3 is 2.07 bits per heavy atom. The highest BCUT2D eigenvalue weighted by Gasteiger charge is 1.92. The van der Waals surface area contributed by atoms with Crippen LogP contribution in [0.2, 0.25) is 0 Å². The summed E-state index contributed by atoms with van der Waals surface area (Å²) in [6, 6.07) is 10.5. The second-order valence-electron chi connectivity index (χ2n) is 3.19. The van der Waals surface area contributed by atoms with E-state index in [4.69, 9.17) is 0 Å². The summed E-state index contributed by atoms with van der Waals surface area (Å²) in [5.74, 6) is 0. The molecule has 84 valence electrons. The molecule has 1 heterocycles. The first kappa shape index (κ1) is 13.8. The summed E-state index contributed by atoms with van der Waals surface area (Å²) in [5, 5.41) is 1.31. The van der Waals surface area contributed by atoms with Crippen LogP contribution in [0.1, 0.15) is 34.1 Å². The van der Waals surface area contributed by atoms with E-state index in [2.05, 4.69) is 62.0 Å². The maximum Gasteiger partial charge on any atom is 0.0477 e. The van der Waals surface area contributed by atoms with E-state index in [1.165, 1.54) is 17.3 Å². The van der Waals surface area contributed by atoms with E-state index in [0.717, 1.165) is 0 Å². The van der Waals surface area contributed by atoms with Gasteiger partial charge in [-0.15, -0.1) is 0 Å². The van der Waals surface area contributed by atoms with E-state index in [0.29, 0.717) is 0 Å². The lowest BCUT2D eigenvalue weighted by Gasteiger charge is -1.92. The van der Waals surface area contributed by atoms with Crippen molar-refractivity contribution in [1.82, 2.24) is 4.57 Å². The van der Waals surface area contributed by atoms with Crippen molar-refractivity contribution in [3.8, 4) is 0 Å². The molecule has 0 unspecified atom stereocenters. The van der Waals surface area contributed by atoms with Gasteiger partial charge in [0.15, 0.2) is 0 Å².